The third-order valence-electron chi connectivity index (χ3n) is 4.65. The predicted octanol–water partition coefficient (Wildman–Crippen LogP) is 3.08. The number of rotatable bonds is 5. The first-order valence-corrected chi connectivity index (χ1v) is 9.00. The average molecular weight is 363 g/mol. The van der Waals surface area contributed by atoms with Crippen molar-refractivity contribution < 1.29 is 9.21 Å². The fraction of sp³-hybridized carbons (Fsp3) is 0.300. The maximum atomic E-state index is 11.1. The van der Waals surface area contributed by atoms with Gasteiger partial charge >= 0.3 is 0 Å². The minimum absolute atomic E-state index is 0.0599. The summed E-state index contributed by atoms with van der Waals surface area (Å²) in [7, 11) is 0. The van der Waals surface area contributed by atoms with Crippen LogP contribution in [0.2, 0.25) is 0 Å². The lowest BCUT2D eigenvalue weighted by molar-refractivity contribution is -0.114. The number of pyridine rings is 1. The first-order chi connectivity index (χ1) is 13.2. The van der Waals surface area contributed by atoms with E-state index in [-0.39, 0.29) is 11.8 Å². The van der Waals surface area contributed by atoms with Crippen molar-refractivity contribution in [3.05, 3.63) is 60.2 Å². The van der Waals surface area contributed by atoms with Gasteiger partial charge in [0, 0.05) is 38.1 Å². The largest absolute Gasteiger partial charge is 0.420 e. The third kappa shape index (κ3) is 4.20. The highest BCUT2D eigenvalue weighted by molar-refractivity contribution is 5.88. The van der Waals surface area contributed by atoms with Gasteiger partial charge in [-0.1, -0.05) is 12.1 Å². The Morgan fingerprint density at radius 3 is 2.85 bits per heavy atom. The van der Waals surface area contributed by atoms with E-state index < -0.39 is 0 Å². The second-order valence-electron chi connectivity index (χ2n) is 6.79. The molecule has 1 atom stereocenters. The molecule has 3 heterocycles. The van der Waals surface area contributed by atoms with Crippen molar-refractivity contribution >= 4 is 11.6 Å². The van der Waals surface area contributed by atoms with E-state index in [0.717, 1.165) is 37.3 Å². The van der Waals surface area contributed by atoms with Crippen molar-refractivity contribution in [2.24, 2.45) is 0 Å². The van der Waals surface area contributed by atoms with E-state index in [9.17, 15) is 4.79 Å². The van der Waals surface area contributed by atoms with Crippen LogP contribution in [0.3, 0.4) is 0 Å². The van der Waals surface area contributed by atoms with E-state index in [2.05, 4.69) is 25.4 Å². The summed E-state index contributed by atoms with van der Waals surface area (Å²) in [6, 6.07) is 11.7. The van der Waals surface area contributed by atoms with Gasteiger partial charge in [-0.15, -0.1) is 10.2 Å². The number of hydrogen-bond acceptors (Lipinski definition) is 6. The maximum Gasteiger partial charge on any atom is 0.249 e. The smallest absolute Gasteiger partial charge is 0.249 e. The molecule has 27 heavy (non-hydrogen) atoms. The average Bonchev–Trinajstić information content (AvgIpc) is 3.33. The Morgan fingerprint density at radius 1 is 1.26 bits per heavy atom. The van der Waals surface area contributed by atoms with Crippen molar-refractivity contribution in [3.63, 3.8) is 0 Å². The Balaban J connectivity index is 1.36. The molecule has 7 heteroatoms. The highest BCUT2D eigenvalue weighted by Crippen LogP contribution is 2.29. The molecule has 0 spiro atoms. The van der Waals surface area contributed by atoms with E-state index in [1.165, 1.54) is 12.5 Å². The fourth-order valence-corrected chi connectivity index (χ4v) is 3.34. The quantitative estimate of drug-likeness (QED) is 0.750. The number of anilines is 1. The van der Waals surface area contributed by atoms with Gasteiger partial charge in [0.15, 0.2) is 0 Å². The summed E-state index contributed by atoms with van der Waals surface area (Å²) in [6.07, 6.45) is 4.44. The molecule has 138 valence electrons. The fourth-order valence-electron chi connectivity index (χ4n) is 3.34. The molecule has 1 aliphatic rings. The number of nitrogens with zero attached hydrogens (tertiary/aromatic N) is 4. The molecule has 1 amide bonds. The molecule has 0 radical (unpaired) electrons. The number of amides is 1. The van der Waals surface area contributed by atoms with Crippen LogP contribution in [0.25, 0.3) is 11.5 Å². The van der Waals surface area contributed by atoms with Crippen LogP contribution in [-0.4, -0.2) is 39.1 Å². The van der Waals surface area contributed by atoms with Crippen LogP contribution in [-0.2, 0) is 11.3 Å². The zero-order valence-corrected chi connectivity index (χ0v) is 15.1. The Bertz CT molecular complexity index is 908. The summed E-state index contributed by atoms with van der Waals surface area (Å²) < 4.78 is 5.88. The second kappa shape index (κ2) is 7.67. The first-order valence-electron chi connectivity index (χ1n) is 9.00. The van der Waals surface area contributed by atoms with Crippen molar-refractivity contribution in [1.29, 1.82) is 0 Å². The number of hydrogen-bond donors (Lipinski definition) is 1. The molecule has 2 aromatic heterocycles. The van der Waals surface area contributed by atoms with Gasteiger partial charge < -0.3 is 9.73 Å². The third-order valence-corrected chi connectivity index (χ3v) is 4.65. The second-order valence-corrected chi connectivity index (χ2v) is 6.79. The van der Waals surface area contributed by atoms with Gasteiger partial charge in [0.2, 0.25) is 17.7 Å². The number of nitrogens with one attached hydrogen (secondary N) is 1. The van der Waals surface area contributed by atoms with Crippen LogP contribution in [0.4, 0.5) is 5.69 Å². The van der Waals surface area contributed by atoms with Gasteiger partial charge in [-0.3, -0.25) is 14.7 Å². The van der Waals surface area contributed by atoms with E-state index >= 15 is 0 Å². The highest BCUT2D eigenvalue weighted by Gasteiger charge is 2.28. The lowest BCUT2D eigenvalue weighted by Crippen LogP contribution is -2.19. The zero-order chi connectivity index (χ0) is 18.6. The maximum absolute atomic E-state index is 11.1. The van der Waals surface area contributed by atoms with Gasteiger partial charge in [0.1, 0.15) is 0 Å². The topological polar surface area (TPSA) is 84.2 Å². The summed E-state index contributed by atoms with van der Waals surface area (Å²) in [4.78, 5) is 17.6. The number of aromatic nitrogens is 3. The van der Waals surface area contributed by atoms with Gasteiger partial charge in [-0.05, 0) is 42.8 Å². The van der Waals surface area contributed by atoms with Gasteiger partial charge in [0.25, 0.3) is 0 Å². The monoisotopic (exact) mass is 363 g/mol. The number of carbonyl (C=O) groups excluding carboxylic acids is 1. The molecular weight excluding hydrogens is 342 g/mol. The molecule has 7 nitrogen and oxygen atoms in total. The highest BCUT2D eigenvalue weighted by atomic mass is 16.4. The van der Waals surface area contributed by atoms with Crippen LogP contribution in [0, 0.1) is 0 Å². The summed E-state index contributed by atoms with van der Waals surface area (Å²) in [5.74, 6) is 1.40. The van der Waals surface area contributed by atoms with Crippen molar-refractivity contribution in [2.45, 2.75) is 25.8 Å². The van der Waals surface area contributed by atoms with Gasteiger partial charge in [0.05, 0.1) is 11.5 Å². The van der Waals surface area contributed by atoms with Crippen LogP contribution in [0.1, 0.15) is 30.7 Å². The molecule has 3 aromatic rings. The minimum Gasteiger partial charge on any atom is -0.420 e. The Morgan fingerprint density at radius 2 is 2.11 bits per heavy atom. The number of carbonyl (C=O) groups is 1. The van der Waals surface area contributed by atoms with Crippen LogP contribution in [0.15, 0.2) is 53.2 Å². The molecule has 1 fully saturated rings. The lowest BCUT2D eigenvalue weighted by Gasteiger charge is -2.15. The van der Waals surface area contributed by atoms with Crippen molar-refractivity contribution in [3.8, 4) is 11.5 Å². The molecule has 1 saturated heterocycles. The predicted molar refractivity (Wildman–Crippen MR) is 101 cm³/mol. The molecule has 0 aliphatic carbocycles. The van der Waals surface area contributed by atoms with Gasteiger partial charge in [-0.2, -0.15) is 0 Å². The Labute approximate surface area is 157 Å². The minimum atomic E-state index is -0.0599. The van der Waals surface area contributed by atoms with Crippen molar-refractivity contribution in [2.75, 3.05) is 18.4 Å². The first kappa shape index (κ1) is 17.4. The van der Waals surface area contributed by atoms with E-state index in [1.54, 1.807) is 12.4 Å². The summed E-state index contributed by atoms with van der Waals surface area (Å²) in [5.41, 5.74) is 2.87. The summed E-state index contributed by atoms with van der Waals surface area (Å²) in [5, 5.41) is 11.2. The van der Waals surface area contributed by atoms with Gasteiger partial charge in [-0.25, -0.2) is 0 Å². The zero-order valence-electron chi connectivity index (χ0n) is 15.1. The lowest BCUT2D eigenvalue weighted by atomic mass is 10.1. The molecule has 1 aliphatic heterocycles. The Kier molecular flexibility index (Phi) is 4.93. The Hall–Kier alpha value is -3.06. The molecule has 1 aromatic carbocycles. The molecule has 0 unspecified atom stereocenters. The summed E-state index contributed by atoms with van der Waals surface area (Å²) >= 11 is 0. The standard InChI is InChI=1S/C20H21N5O2/c1-14(26)22-18-6-4-15(5-7-18)12-25-10-8-17(13-25)20-24-23-19(27-20)16-3-2-9-21-11-16/h2-7,9,11,17H,8,10,12-13H2,1H3,(H,22,26)/t17-/m0/s1. The van der Waals surface area contributed by atoms with Crippen molar-refractivity contribution in [1.82, 2.24) is 20.1 Å². The molecule has 4 rings (SSSR count). The van der Waals surface area contributed by atoms with E-state index in [4.69, 9.17) is 4.42 Å². The molecule has 1 N–H and O–H groups in total. The summed E-state index contributed by atoms with van der Waals surface area (Å²) in [6.45, 7) is 4.25. The number of likely N-dealkylation sites (tertiary alicyclic amines) is 1. The van der Waals surface area contributed by atoms with Crippen LogP contribution >= 0.6 is 0 Å². The van der Waals surface area contributed by atoms with Crippen LogP contribution in [0.5, 0.6) is 0 Å². The molecular formula is C20H21N5O2. The van der Waals surface area contributed by atoms with E-state index in [1.807, 2.05) is 36.4 Å². The molecule has 0 bridgehead atoms. The van der Waals surface area contributed by atoms with Crippen LogP contribution < -0.4 is 5.32 Å². The van der Waals surface area contributed by atoms with E-state index in [0.29, 0.717) is 11.8 Å². The molecule has 0 saturated carbocycles. The SMILES string of the molecule is CC(=O)Nc1ccc(CN2CC[C@H](c3nnc(-c4cccnc4)o3)C2)cc1. The number of benzene rings is 1. The normalized spacial score (nSPS) is 17.1.